The first-order chi connectivity index (χ1) is 47.9. The van der Waals surface area contributed by atoms with Gasteiger partial charge in [-0.25, -0.2) is 24.4 Å². The number of nitrogens with one attached hydrogen (secondary N) is 5. The van der Waals surface area contributed by atoms with Crippen molar-refractivity contribution in [1.82, 2.24) is 45.5 Å². The van der Waals surface area contributed by atoms with Gasteiger partial charge in [0.1, 0.15) is 30.5 Å². The quantitative estimate of drug-likeness (QED) is 0.0137. The van der Waals surface area contributed by atoms with E-state index in [1.165, 1.54) is 54.5 Å². The number of anilines is 3. The third kappa shape index (κ3) is 17.1. The maximum atomic E-state index is 14.0. The number of fused-ring (bicyclic) bond motifs is 2. The van der Waals surface area contributed by atoms with E-state index in [2.05, 4.69) is 45.4 Å². The van der Waals surface area contributed by atoms with E-state index in [1.54, 1.807) is 49.2 Å². The number of aryl methyl sites for hydroxylation is 1. The van der Waals surface area contributed by atoms with Gasteiger partial charge < -0.3 is 40.7 Å². The zero-order valence-corrected chi connectivity index (χ0v) is 59.3. The Kier molecular flexibility index (Phi) is 21.4. The first-order valence-corrected chi connectivity index (χ1v) is 36.5. The van der Waals surface area contributed by atoms with Crippen LogP contribution in [0.2, 0.25) is 0 Å². The summed E-state index contributed by atoms with van der Waals surface area (Å²) in [5, 5.41) is 29.5. The summed E-state index contributed by atoms with van der Waals surface area (Å²) in [6, 6.07) is 19.1. The minimum atomic E-state index is -4.81. The molecular weight excluding hydrogens is 1340 g/mol. The van der Waals surface area contributed by atoms with Crippen LogP contribution in [0.25, 0.3) is 32.6 Å². The molecule has 0 spiro atoms. The number of hydrogen-bond acceptors (Lipinski definition) is 17. The highest BCUT2D eigenvalue weighted by molar-refractivity contribution is 7.85. The number of carbonyl (C=O) groups excluding carboxylic acids is 8. The number of ether oxygens (including phenoxy) is 2. The van der Waals surface area contributed by atoms with E-state index >= 15 is 0 Å². The number of imide groups is 1. The summed E-state index contributed by atoms with van der Waals surface area (Å²) in [6.45, 7) is 12.5. The van der Waals surface area contributed by atoms with Crippen LogP contribution < -0.4 is 31.5 Å². The predicted octanol–water partition coefficient (Wildman–Crippen LogP) is 9.06. The second kappa shape index (κ2) is 29.6. The number of nitrogens with zero attached hydrogens (tertiary/aromatic N) is 7. The molecule has 0 radical (unpaired) electrons. The van der Waals surface area contributed by atoms with Crippen LogP contribution in [0.3, 0.4) is 0 Å². The largest absolute Gasteiger partial charge is 0.476 e. The molecule has 5 heterocycles. The van der Waals surface area contributed by atoms with Gasteiger partial charge in [-0.3, -0.25) is 53.1 Å². The Hall–Kier alpha value is -9.45. The van der Waals surface area contributed by atoms with Crippen molar-refractivity contribution in [1.29, 1.82) is 0 Å². The van der Waals surface area contributed by atoms with Crippen LogP contribution in [0.5, 0.6) is 0 Å². The number of amides is 9. The summed E-state index contributed by atoms with van der Waals surface area (Å²) in [5.41, 5.74) is 5.00. The summed E-state index contributed by atoms with van der Waals surface area (Å²) >= 11 is 1.40. The number of carboxylic acids is 1. The Morgan fingerprint density at radius 2 is 1.52 bits per heavy atom. The van der Waals surface area contributed by atoms with Gasteiger partial charge >= 0.3 is 18.1 Å². The molecule has 2 unspecified atom stereocenters. The van der Waals surface area contributed by atoms with Gasteiger partial charge in [-0.2, -0.15) is 13.5 Å². The lowest BCUT2D eigenvalue weighted by atomic mass is 9.39. The summed E-state index contributed by atoms with van der Waals surface area (Å²) in [5.74, 6) is -5.70. The summed E-state index contributed by atoms with van der Waals surface area (Å²) in [4.78, 5) is 130. The number of thiazole rings is 1. The zero-order valence-electron chi connectivity index (χ0n) is 57.6. The number of urea groups is 1. The number of rotatable bonds is 28. The van der Waals surface area contributed by atoms with Crippen molar-refractivity contribution in [3.8, 4) is 22.4 Å². The molecule has 6 aromatic rings. The predicted molar refractivity (Wildman–Crippen MR) is 377 cm³/mol. The molecule has 27 nitrogen and oxygen atoms in total. The molecule has 5 atom stereocenters. The first-order valence-electron chi connectivity index (χ1n) is 34.0. The molecule has 0 saturated heterocycles. The van der Waals surface area contributed by atoms with Gasteiger partial charge in [0.25, 0.3) is 21.9 Å². The monoisotopic (exact) mass is 1420 g/mol. The van der Waals surface area contributed by atoms with Gasteiger partial charge in [0.15, 0.2) is 10.8 Å². The lowest BCUT2D eigenvalue weighted by molar-refractivity contribution is -0.248. The molecule has 9 amide bonds. The van der Waals surface area contributed by atoms with E-state index in [-0.39, 0.29) is 84.3 Å². The topological polar surface area (TPSA) is 360 Å². The van der Waals surface area contributed by atoms with Crippen LogP contribution in [0.15, 0.2) is 97.2 Å². The average molecular weight is 1420 g/mol. The van der Waals surface area contributed by atoms with Gasteiger partial charge in [0.05, 0.1) is 34.3 Å². The molecule has 3 aromatic heterocycles. The van der Waals surface area contributed by atoms with E-state index in [9.17, 15) is 61.2 Å². The number of pyridine rings is 1. The Bertz CT molecular complexity index is 4310. The maximum absolute atomic E-state index is 14.0. The lowest BCUT2D eigenvalue weighted by Crippen LogP contribution is -2.64. The second-order valence-corrected chi connectivity index (χ2v) is 31.4. The van der Waals surface area contributed by atoms with Crippen molar-refractivity contribution in [2.75, 3.05) is 54.6 Å². The van der Waals surface area contributed by atoms with Gasteiger partial charge in [0.2, 0.25) is 23.6 Å². The Balaban J connectivity index is 0.662. The summed E-state index contributed by atoms with van der Waals surface area (Å²) < 4.78 is 49.7. The average Bonchev–Trinajstić information content (AvgIpc) is 0.923. The number of likely N-dealkylation sites (N-methyl/N-ethyl adjacent to an activating group) is 1. The molecule has 7 N–H and O–H groups in total. The number of carbonyl (C=O) groups is 9. The van der Waals surface area contributed by atoms with Crippen LogP contribution in [0.1, 0.15) is 133 Å². The molecule has 3 aromatic carbocycles. The van der Waals surface area contributed by atoms with E-state index in [0.717, 1.165) is 77.0 Å². The zero-order chi connectivity index (χ0) is 72.3. The van der Waals surface area contributed by atoms with E-state index in [0.29, 0.717) is 77.5 Å². The standard InChI is InChI=1S/C72H86N12O15S2/c1-43(2)60(79-57(85)17-9-8-12-28-83-58(86)26-27-59(83)87)63(89)74-44(3)62(88)75-49-22-18-46(19-23-49)34-98-68(94)78-54(35-101(95,96)97)64(90)81(7)30-31-99-72-39-69(5)36-70(6,40-72)38-71(37-69,41-72)42-84-45(4)51(33-73-84)50-24-25-52(76-61(50)65(91)92)48-21-20-47-14-13-29-82(55(47)32-48)67(93)80-66-77-53-15-10-11-16-56(53)100-66/h10-11,15-16,18-27,32-33,43-44,54,60H,8-9,12-14,17,28-31,34-42H2,1-7H3,(H,74,89)(H,75,88)(H,78,94)(H,79,85)(H,91,92)(H,77,80,93)(H,95,96,97)/t44-,54-,60-,69?,70?,71?,72?/m0/s1. The van der Waals surface area contributed by atoms with Crippen molar-refractivity contribution in [2.24, 2.45) is 22.2 Å². The lowest BCUT2D eigenvalue weighted by Gasteiger charge is -2.69. The number of unbranched alkanes of at least 4 members (excludes halogenated alkanes) is 2. The van der Waals surface area contributed by atoms with E-state index in [4.69, 9.17) is 19.6 Å². The van der Waals surface area contributed by atoms with Crippen molar-refractivity contribution in [3.05, 3.63) is 120 Å². The number of aromatic carboxylic acids is 1. The highest BCUT2D eigenvalue weighted by Crippen LogP contribution is 2.72. The molecule has 12 rings (SSSR count). The molecule has 101 heavy (non-hydrogen) atoms. The van der Waals surface area contributed by atoms with Crippen LogP contribution >= 0.6 is 11.3 Å². The fraction of sp³-hybridized carbons (Fsp3) is 0.472. The van der Waals surface area contributed by atoms with Gasteiger partial charge in [-0.15, -0.1) is 0 Å². The van der Waals surface area contributed by atoms with Gasteiger partial charge in [0, 0.05) is 85.6 Å². The normalized spacial score (nSPS) is 21.4. The minimum Gasteiger partial charge on any atom is -0.476 e. The molecule has 29 heteroatoms. The van der Waals surface area contributed by atoms with Gasteiger partial charge in [-0.05, 0) is 154 Å². The second-order valence-electron chi connectivity index (χ2n) is 28.9. The Morgan fingerprint density at radius 3 is 2.22 bits per heavy atom. The third-order valence-electron chi connectivity index (χ3n) is 19.9. The third-order valence-corrected chi connectivity index (χ3v) is 21.6. The first kappa shape index (κ1) is 72.8. The molecule has 536 valence electrons. The van der Waals surface area contributed by atoms with Crippen molar-refractivity contribution >= 4 is 102 Å². The van der Waals surface area contributed by atoms with Crippen LogP contribution in [-0.4, -0.2) is 164 Å². The van der Waals surface area contributed by atoms with Crippen LogP contribution in [0, 0.1) is 29.1 Å². The maximum Gasteiger partial charge on any atom is 0.408 e. The van der Waals surface area contributed by atoms with Gasteiger partial charge in [-0.1, -0.05) is 81.9 Å². The van der Waals surface area contributed by atoms with Crippen molar-refractivity contribution in [2.45, 2.75) is 155 Å². The molecular formula is C72H86N12O15S2. The van der Waals surface area contributed by atoms with Crippen molar-refractivity contribution < 1.29 is 70.7 Å². The number of benzene rings is 3. The fourth-order valence-corrected chi connectivity index (χ4v) is 17.8. The van der Waals surface area contributed by atoms with E-state index in [1.807, 2.05) is 54.1 Å². The Labute approximate surface area is 589 Å². The van der Waals surface area contributed by atoms with E-state index < -0.39 is 69.4 Å². The SMILES string of the molecule is Cc1c(-c2ccc(-c3ccc4c(c3)N(C(=O)Nc3nc5ccccc5s3)CCC4)nc2C(=O)O)cnn1CC12CC3(C)CC(C)(C1)CC(OCCN(C)C(=O)[C@H](CS(=O)(=O)O)NC(=O)OCc1ccc(NC(=O)[C@H](C)NC(=O)[C@@H](NC(=O)CCCCCN4C(=O)C=CC4=O)C(C)C)cc1)(C3)C2. The summed E-state index contributed by atoms with van der Waals surface area (Å²) in [7, 11) is -3.36. The highest BCUT2D eigenvalue weighted by atomic mass is 32.2. The number of hydrogen-bond donors (Lipinski definition) is 7. The molecule has 6 aliphatic rings. The van der Waals surface area contributed by atoms with Crippen molar-refractivity contribution in [3.63, 3.8) is 0 Å². The number of carboxylic acid groups (broad SMARTS) is 1. The summed E-state index contributed by atoms with van der Waals surface area (Å²) in [6.07, 6.45) is 11.3. The highest BCUT2D eigenvalue weighted by Gasteiger charge is 2.66. The molecule has 4 bridgehead atoms. The fourth-order valence-electron chi connectivity index (χ4n) is 16.3. The molecule has 4 fully saturated rings. The van der Waals surface area contributed by atoms with Crippen LogP contribution in [0.4, 0.5) is 26.1 Å². The Morgan fingerprint density at radius 1 is 0.802 bits per heavy atom. The number of para-hydroxylation sites is 1. The minimum absolute atomic E-state index is 0.00995. The molecule has 2 aliphatic heterocycles. The smallest absolute Gasteiger partial charge is 0.408 e. The molecule has 4 saturated carbocycles. The molecule has 4 aliphatic carbocycles. The number of aromatic nitrogens is 4. The number of alkyl carbamates (subject to hydrolysis) is 1. The van der Waals surface area contributed by atoms with Crippen LogP contribution in [-0.2, 0) is 67.9 Å².